The van der Waals surface area contributed by atoms with Crippen molar-refractivity contribution < 1.29 is 19.1 Å². The van der Waals surface area contributed by atoms with E-state index < -0.39 is 0 Å². The number of hydrogen-bond donors (Lipinski definition) is 1. The fraction of sp³-hybridized carbons (Fsp3) is 0.269. The molecule has 1 heterocycles. The molecule has 2 atom stereocenters. The number of allylic oxidation sites excluding steroid dienone is 3. The number of fused-ring (bicyclic) bond motifs is 1. The summed E-state index contributed by atoms with van der Waals surface area (Å²) < 4.78 is 10.7. The van der Waals surface area contributed by atoms with Gasteiger partial charge in [-0.2, -0.15) is 5.10 Å². The van der Waals surface area contributed by atoms with Crippen molar-refractivity contribution in [1.29, 1.82) is 0 Å². The maximum Gasteiger partial charge on any atom is 0.258 e. The van der Waals surface area contributed by atoms with Gasteiger partial charge in [-0.25, -0.2) is 5.01 Å². The minimum atomic E-state index is -0.243. The monoisotopic (exact) mass is 445 g/mol. The van der Waals surface area contributed by atoms with E-state index in [1.54, 1.807) is 38.4 Å². The van der Waals surface area contributed by atoms with E-state index in [2.05, 4.69) is 10.4 Å². The molecule has 2 amide bonds. The molecule has 0 saturated carbocycles. The van der Waals surface area contributed by atoms with E-state index in [0.717, 1.165) is 28.2 Å². The van der Waals surface area contributed by atoms with Crippen molar-refractivity contribution in [2.24, 2.45) is 16.9 Å². The number of benzene rings is 2. The van der Waals surface area contributed by atoms with Crippen LogP contribution in [0.25, 0.3) is 0 Å². The van der Waals surface area contributed by atoms with Crippen LogP contribution in [0.15, 0.2) is 71.9 Å². The minimum absolute atomic E-state index is 0.0131. The number of hydrazone groups is 1. The Morgan fingerprint density at radius 2 is 1.76 bits per heavy atom. The summed E-state index contributed by atoms with van der Waals surface area (Å²) in [5.41, 5.74) is 3.83. The lowest BCUT2D eigenvalue weighted by atomic mass is 9.80. The van der Waals surface area contributed by atoms with Gasteiger partial charge in [-0.3, -0.25) is 9.59 Å². The standard InChI is InChI=1S/C26H27N3O4/c1-17-8-9-18(25-22-6-4-5-7-23(22)26(31)29(2)28-25)14-19(17)15-27-24(30)16-33-21-12-10-20(32-3)11-13-21/h4-14,22-23H,15-16H2,1-3H3,(H,27,30). The fourth-order valence-corrected chi connectivity index (χ4v) is 3.93. The third-order valence-corrected chi connectivity index (χ3v) is 5.86. The Balaban J connectivity index is 1.42. The molecule has 2 aromatic carbocycles. The van der Waals surface area contributed by atoms with Crippen LogP contribution in [0.5, 0.6) is 11.5 Å². The Kier molecular flexibility index (Phi) is 6.58. The van der Waals surface area contributed by atoms with Crippen LogP contribution in [-0.4, -0.2) is 43.3 Å². The highest BCUT2D eigenvalue weighted by Gasteiger charge is 2.36. The molecule has 0 saturated heterocycles. The first-order valence-electron chi connectivity index (χ1n) is 10.8. The Hall–Kier alpha value is -3.87. The third kappa shape index (κ3) is 4.98. The second kappa shape index (κ2) is 9.73. The molecule has 1 aliphatic carbocycles. The second-order valence-electron chi connectivity index (χ2n) is 8.05. The van der Waals surface area contributed by atoms with E-state index in [1.165, 1.54) is 5.01 Å². The number of nitrogens with one attached hydrogen (secondary N) is 1. The summed E-state index contributed by atoms with van der Waals surface area (Å²) in [7, 11) is 3.28. The average Bonchev–Trinajstić information content (AvgIpc) is 2.85. The zero-order valence-electron chi connectivity index (χ0n) is 18.9. The molecule has 7 heteroatoms. The molecule has 0 bridgehead atoms. The molecule has 0 fully saturated rings. The van der Waals surface area contributed by atoms with Gasteiger partial charge >= 0.3 is 0 Å². The summed E-state index contributed by atoms with van der Waals surface area (Å²) in [6.07, 6.45) is 7.80. The lowest BCUT2D eigenvalue weighted by Crippen LogP contribution is -2.42. The van der Waals surface area contributed by atoms with Gasteiger partial charge in [0.15, 0.2) is 6.61 Å². The summed E-state index contributed by atoms with van der Waals surface area (Å²) in [5, 5.41) is 8.89. The van der Waals surface area contributed by atoms with Crippen LogP contribution in [0.4, 0.5) is 0 Å². The third-order valence-electron chi connectivity index (χ3n) is 5.86. The van der Waals surface area contributed by atoms with Gasteiger partial charge in [0.25, 0.3) is 5.91 Å². The van der Waals surface area contributed by atoms with Crippen molar-refractivity contribution in [3.8, 4) is 11.5 Å². The molecule has 0 radical (unpaired) electrons. The molecule has 2 aliphatic rings. The molecule has 0 spiro atoms. The van der Waals surface area contributed by atoms with Gasteiger partial charge < -0.3 is 14.8 Å². The summed E-state index contributed by atoms with van der Waals surface area (Å²) in [5.74, 6) is 0.763. The molecule has 170 valence electrons. The summed E-state index contributed by atoms with van der Waals surface area (Å²) in [4.78, 5) is 24.8. The van der Waals surface area contributed by atoms with Crippen molar-refractivity contribution >= 4 is 17.5 Å². The summed E-state index contributed by atoms with van der Waals surface area (Å²) >= 11 is 0. The van der Waals surface area contributed by atoms with Crippen LogP contribution >= 0.6 is 0 Å². The van der Waals surface area contributed by atoms with Crippen molar-refractivity contribution in [3.63, 3.8) is 0 Å². The number of carbonyl (C=O) groups is 2. The molecule has 1 N–H and O–H groups in total. The molecule has 0 aromatic heterocycles. The van der Waals surface area contributed by atoms with E-state index in [-0.39, 0.29) is 30.3 Å². The van der Waals surface area contributed by atoms with Crippen LogP contribution in [0.1, 0.15) is 16.7 Å². The van der Waals surface area contributed by atoms with Crippen LogP contribution in [0.3, 0.4) is 0 Å². The van der Waals surface area contributed by atoms with Crippen molar-refractivity contribution in [3.05, 3.63) is 83.5 Å². The van der Waals surface area contributed by atoms with E-state index in [9.17, 15) is 9.59 Å². The zero-order chi connectivity index (χ0) is 23.4. The minimum Gasteiger partial charge on any atom is -0.497 e. The smallest absolute Gasteiger partial charge is 0.258 e. The number of methoxy groups -OCH3 is 1. The summed E-state index contributed by atoms with van der Waals surface area (Å²) in [6.45, 7) is 2.30. The number of hydrogen-bond acceptors (Lipinski definition) is 5. The van der Waals surface area contributed by atoms with Gasteiger partial charge in [0.2, 0.25) is 5.91 Å². The molecule has 4 rings (SSSR count). The normalized spacial score (nSPS) is 19.1. The predicted molar refractivity (Wildman–Crippen MR) is 126 cm³/mol. The lowest BCUT2D eigenvalue weighted by Gasteiger charge is -2.32. The van der Waals surface area contributed by atoms with Crippen molar-refractivity contribution in [2.75, 3.05) is 20.8 Å². The zero-order valence-corrected chi connectivity index (χ0v) is 18.9. The van der Waals surface area contributed by atoms with E-state index >= 15 is 0 Å². The molecule has 7 nitrogen and oxygen atoms in total. The highest BCUT2D eigenvalue weighted by atomic mass is 16.5. The molecular formula is C26H27N3O4. The number of nitrogens with zero attached hydrogens (tertiary/aromatic N) is 2. The van der Waals surface area contributed by atoms with Crippen molar-refractivity contribution in [1.82, 2.24) is 10.3 Å². The molecule has 1 aliphatic heterocycles. The van der Waals surface area contributed by atoms with Crippen LogP contribution in [0.2, 0.25) is 0 Å². The number of rotatable bonds is 7. The molecular weight excluding hydrogens is 418 g/mol. The number of ether oxygens (including phenoxy) is 2. The van der Waals surface area contributed by atoms with Gasteiger partial charge in [-0.1, -0.05) is 36.4 Å². The van der Waals surface area contributed by atoms with Crippen LogP contribution < -0.4 is 14.8 Å². The van der Waals surface area contributed by atoms with Gasteiger partial charge in [0, 0.05) is 19.5 Å². The molecule has 2 unspecified atom stereocenters. The first kappa shape index (κ1) is 22.3. The fourth-order valence-electron chi connectivity index (χ4n) is 3.93. The quantitative estimate of drug-likeness (QED) is 0.710. The van der Waals surface area contributed by atoms with E-state index in [4.69, 9.17) is 9.47 Å². The van der Waals surface area contributed by atoms with E-state index in [0.29, 0.717) is 12.3 Å². The molecule has 2 aromatic rings. The highest BCUT2D eigenvalue weighted by molar-refractivity contribution is 6.08. The number of amides is 2. The maximum atomic E-state index is 12.5. The maximum absolute atomic E-state index is 12.5. The summed E-state index contributed by atoms with van der Waals surface area (Å²) in [6, 6.07) is 13.1. The Morgan fingerprint density at radius 1 is 1.06 bits per heavy atom. The first-order valence-corrected chi connectivity index (χ1v) is 10.8. The number of aryl methyl sites for hydroxylation is 1. The van der Waals surface area contributed by atoms with Crippen LogP contribution in [0, 0.1) is 18.8 Å². The highest BCUT2D eigenvalue weighted by Crippen LogP contribution is 2.30. The van der Waals surface area contributed by atoms with Gasteiger partial charge in [-0.15, -0.1) is 0 Å². The number of carbonyl (C=O) groups excluding carboxylic acids is 2. The second-order valence-corrected chi connectivity index (χ2v) is 8.05. The predicted octanol–water partition coefficient (Wildman–Crippen LogP) is 3.23. The van der Waals surface area contributed by atoms with Gasteiger partial charge in [0.1, 0.15) is 11.5 Å². The largest absolute Gasteiger partial charge is 0.497 e. The van der Waals surface area contributed by atoms with E-state index in [1.807, 2.05) is 49.4 Å². The Labute approximate surface area is 193 Å². The van der Waals surface area contributed by atoms with Crippen molar-refractivity contribution in [2.45, 2.75) is 13.5 Å². The van der Waals surface area contributed by atoms with Crippen LogP contribution in [-0.2, 0) is 16.1 Å². The molecule has 33 heavy (non-hydrogen) atoms. The van der Waals surface area contributed by atoms with Gasteiger partial charge in [0.05, 0.1) is 18.7 Å². The lowest BCUT2D eigenvalue weighted by molar-refractivity contribution is -0.134. The SMILES string of the molecule is COc1ccc(OCC(=O)NCc2cc(C3=NN(C)C(=O)C4C=CC=CC34)ccc2C)cc1. The first-order chi connectivity index (χ1) is 16.0. The Bertz CT molecular complexity index is 1130. The average molecular weight is 446 g/mol. The topological polar surface area (TPSA) is 80.2 Å². The Morgan fingerprint density at radius 3 is 2.48 bits per heavy atom. The van der Waals surface area contributed by atoms with Gasteiger partial charge in [-0.05, 0) is 53.9 Å².